The van der Waals surface area contributed by atoms with Crippen molar-refractivity contribution in [2.75, 3.05) is 26.2 Å². The number of sulfonamides is 1. The van der Waals surface area contributed by atoms with E-state index in [-0.39, 0.29) is 10.8 Å². The molecule has 1 aliphatic heterocycles. The minimum absolute atomic E-state index is 0.160. The number of carbonyl (C=O) groups is 1. The lowest BCUT2D eigenvalue weighted by Gasteiger charge is -2.30. The van der Waals surface area contributed by atoms with E-state index >= 15 is 0 Å². The van der Waals surface area contributed by atoms with Crippen LogP contribution in [0.4, 0.5) is 0 Å². The molecule has 0 saturated carbocycles. The summed E-state index contributed by atoms with van der Waals surface area (Å²) in [6, 6.07) is 5.05. The quantitative estimate of drug-likeness (QED) is 0.736. The number of nitrogens with zero attached hydrogens (tertiary/aromatic N) is 4. The van der Waals surface area contributed by atoms with Crippen molar-refractivity contribution < 1.29 is 13.2 Å². The van der Waals surface area contributed by atoms with Crippen molar-refractivity contribution in [3.05, 3.63) is 24.0 Å². The van der Waals surface area contributed by atoms with Gasteiger partial charge in [-0.3, -0.25) is 4.79 Å². The summed E-state index contributed by atoms with van der Waals surface area (Å²) in [5, 5.41) is 0. The summed E-state index contributed by atoms with van der Waals surface area (Å²) in [6.45, 7) is 6.23. The van der Waals surface area contributed by atoms with Gasteiger partial charge in [-0.1, -0.05) is 13.8 Å². The summed E-state index contributed by atoms with van der Waals surface area (Å²) >= 11 is 0. The summed E-state index contributed by atoms with van der Waals surface area (Å²) in [7, 11) is -1.61. The van der Waals surface area contributed by atoms with Crippen LogP contribution in [0.2, 0.25) is 0 Å². The van der Waals surface area contributed by atoms with Gasteiger partial charge in [0.15, 0.2) is 0 Å². The fourth-order valence-electron chi connectivity index (χ4n) is 3.27. The predicted molar refractivity (Wildman–Crippen MR) is 100 cm³/mol. The highest BCUT2D eigenvalue weighted by Gasteiger charge is 2.23. The molecule has 0 atom stereocenters. The molecule has 142 valence electrons. The number of benzene rings is 1. The van der Waals surface area contributed by atoms with Crippen molar-refractivity contribution in [1.29, 1.82) is 0 Å². The fourth-order valence-corrected chi connectivity index (χ4v) is 4.75. The third-order valence-electron chi connectivity index (χ3n) is 5.06. The van der Waals surface area contributed by atoms with Crippen LogP contribution in [-0.2, 0) is 28.3 Å². The molecule has 2 aromatic rings. The lowest BCUT2D eigenvalue weighted by molar-refractivity contribution is -0.134. The fraction of sp³-hybridized carbons (Fsp3) is 0.556. The maximum absolute atomic E-state index is 12.7. The first-order valence-electron chi connectivity index (χ1n) is 9.11. The molecule has 1 amide bonds. The third-order valence-corrected chi connectivity index (χ3v) is 7.11. The van der Waals surface area contributed by atoms with Crippen LogP contribution in [0.15, 0.2) is 23.1 Å². The molecule has 2 heterocycles. The van der Waals surface area contributed by atoms with Gasteiger partial charge in [-0.05, 0) is 24.6 Å². The molecule has 1 aliphatic rings. The Hall–Kier alpha value is -1.93. The maximum Gasteiger partial charge on any atom is 0.243 e. The van der Waals surface area contributed by atoms with E-state index in [1.54, 1.807) is 18.2 Å². The SMILES string of the molecule is CCN(CC)S(=O)(=O)c1ccc2c(c1)nc(CCC(=O)N1CCC1)n2C. The van der Waals surface area contributed by atoms with E-state index in [1.807, 2.05) is 30.4 Å². The molecule has 7 nitrogen and oxygen atoms in total. The van der Waals surface area contributed by atoms with E-state index in [2.05, 4.69) is 4.98 Å². The average molecular weight is 378 g/mol. The van der Waals surface area contributed by atoms with Crippen LogP contribution in [0.1, 0.15) is 32.5 Å². The highest BCUT2D eigenvalue weighted by molar-refractivity contribution is 7.89. The zero-order chi connectivity index (χ0) is 18.9. The summed E-state index contributed by atoms with van der Waals surface area (Å²) in [6.07, 6.45) is 2.07. The molecular weight excluding hydrogens is 352 g/mol. The number of fused-ring (bicyclic) bond motifs is 1. The predicted octanol–water partition coefficient (Wildman–Crippen LogP) is 1.77. The van der Waals surface area contributed by atoms with Crippen molar-refractivity contribution >= 4 is 27.0 Å². The van der Waals surface area contributed by atoms with Crippen molar-refractivity contribution in [2.24, 2.45) is 7.05 Å². The number of imidazole rings is 1. The van der Waals surface area contributed by atoms with Gasteiger partial charge < -0.3 is 9.47 Å². The van der Waals surface area contributed by atoms with Gasteiger partial charge in [-0.2, -0.15) is 4.31 Å². The van der Waals surface area contributed by atoms with Crippen LogP contribution in [0.5, 0.6) is 0 Å². The lowest BCUT2D eigenvalue weighted by atomic mass is 10.2. The Morgan fingerprint density at radius 2 is 1.92 bits per heavy atom. The summed E-state index contributed by atoms with van der Waals surface area (Å²) in [5.41, 5.74) is 1.52. The average Bonchev–Trinajstić information content (AvgIpc) is 2.88. The summed E-state index contributed by atoms with van der Waals surface area (Å²) in [5.74, 6) is 0.958. The second kappa shape index (κ2) is 7.36. The van der Waals surface area contributed by atoms with Gasteiger partial charge in [0.1, 0.15) is 5.82 Å². The van der Waals surface area contributed by atoms with Crippen LogP contribution in [0.25, 0.3) is 11.0 Å². The van der Waals surface area contributed by atoms with E-state index in [0.717, 1.165) is 30.9 Å². The molecule has 1 fully saturated rings. The molecule has 1 aromatic heterocycles. The molecule has 0 spiro atoms. The number of carbonyl (C=O) groups excluding carboxylic acids is 1. The summed E-state index contributed by atoms with van der Waals surface area (Å²) < 4.78 is 28.8. The monoisotopic (exact) mass is 378 g/mol. The number of amides is 1. The number of hydrogen-bond donors (Lipinski definition) is 0. The normalized spacial score (nSPS) is 14.8. The van der Waals surface area contributed by atoms with Crippen molar-refractivity contribution in [1.82, 2.24) is 18.8 Å². The van der Waals surface area contributed by atoms with Gasteiger partial charge in [0.25, 0.3) is 0 Å². The second-order valence-corrected chi connectivity index (χ2v) is 8.50. The molecule has 0 unspecified atom stereocenters. The van der Waals surface area contributed by atoms with Crippen LogP contribution in [0.3, 0.4) is 0 Å². The zero-order valence-corrected chi connectivity index (χ0v) is 16.4. The Kier molecular flexibility index (Phi) is 5.34. The largest absolute Gasteiger partial charge is 0.343 e. The molecule has 0 radical (unpaired) electrons. The van der Waals surface area contributed by atoms with E-state index < -0.39 is 10.0 Å². The standard InChI is InChI=1S/C18H26N4O3S/c1-4-22(5-2)26(24,25)14-7-8-16-15(13-14)19-17(20(16)3)9-10-18(23)21-11-6-12-21/h7-8,13H,4-6,9-12H2,1-3H3. The van der Waals surface area contributed by atoms with Crippen LogP contribution in [0, 0.1) is 0 Å². The van der Waals surface area contributed by atoms with Crippen molar-refractivity contribution in [3.63, 3.8) is 0 Å². The Balaban J connectivity index is 1.85. The smallest absolute Gasteiger partial charge is 0.243 e. The minimum Gasteiger partial charge on any atom is -0.343 e. The maximum atomic E-state index is 12.7. The topological polar surface area (TPSA) is 75.5 Å². The number of aryl methyl sites for hydroxylation is 2. The van der Waals surface area contributed by atoms with Gasteiger partial charge in [0.2, 0.25) is 15.9 Å². The molecule has 0 bridgehead atoms. The van der Waals surface area contributed by atoms with E-state index in [1.165, 1.54) is 4.31 Å². The second-order valence-electron chi connectivity index (χ2n) is 6.56. The van der Waals surface area contributed by atoms with Gasteiger partial charge >= 0.3 is 0 Å². The van der Waals surface area contributed by atoms with E-state index in [0.29, 0.717) is 31.4 Å². The number of likely N-dealkylation sites (tertiary alicyclic amines) is 1. The number of rotatable bonds is 7. The molecule has 0 N–H and O–H groups in total. The molecule has 3 rings (SSSR count). The highest BCUT2D eigenvalue weighted by Crippen LogP contribution is 2.23. The van der Waals surface area contributed by atoms with Gasteiger partial charge in [-0.25, -0.2) is 13.4 Å². The number of hydrogen-bond acceptors (Lipinski definition) is 4. The summed E-state index contributed by atoms with van der Waals surface area (Å²) in [4.78, 5) is 18.8. The molecule has 1 aromatic carbocycles. The van der Waals surface area contributed by atoms with Crippen molar-refractivity contribution in [2.45, 2.75) is 38.0 Å². The first kappa shape index (κ1) is 18.8. The highest BCUT2D eigenvalue weighted by atomic mass is 32.2. The Morgan fingerprint density at radius 1 is 1.23 bits per heavy atom. The van der Waals surface area contributed by atoms with Gasteiger partial charge in [0, 0.05) is 46.1 Å². The Bertz CT molecular complexity index is 912. The van der Waals surface area contributed by atoms with Crippen LogP contribution in [-0.4, -0.2) is 59.3 Å². The van der Waals surface area contributed by atoms with Gasteiger partial charge in [-0.15, -0.1) is 0 Å². The van der Waals surface area contributed by atoms with E-state index in [4.69, 9.17) is 0 Å². The molecule has 0 aliphatic carbocycles. The third kappa shape index (κ3) is 3.35. The molecular formula is C18H26N4O3S. The molecule has 8 heteroatoms. The molecule has 1 saturated heterocycles. The molecule has 26 heavy (non-hydrogen) atoms. The Morgan fingerprint density at radius 3 is 2.50 bits per heavy atom. The lowest BCUT2D eigenvalue weighted by Crippen LogP contribution is -2.42. The van der Waals surface area contributed by atoms with E-state index in [9.17, 15) is 13.2 Å². The van der Waals surface area contributed by atoms with Crippen LogP contribution >= 0.6 is 0 Å². The minimum atomic E-state index is -3.51. The Labute approximate surface area is 154 Å². The first-order valence-corrected chi connectivity index (χ1v) is 10.6. The van der Waals surface area contributed by atoms with Crippen LogP contribution < -0.4 is 0 Å². The van der Waals surface area contributed by atoms with Gasteiger partial charge in [0.05, 0.1) is 15.9 Å². The first-order chi connectivity index (χ1) is 12.4. The number of aromatic nitrogens is 2. The zero-order valence-electron chi connectivity index (χ0n) is 15.6. The van der Waals surface area contributed by atoms with Crippen molar-refractivity contribution in [3.8, 4) is 0 Å².